The van der Waals surface area contributed by atoms with Gasteiger partial charge in [0.2, 0.25) is 0 Å². The standard InChI is InChI=1S/C22H21N3O2S/c1-16-24-18(15-28-16)14-27-21-9-3-2-6-17(21)10-11-22(26)25-13-5-7-19-20(25)8-4-12-23-19/h2-4,6,8-12,15H,5,7,13-14H2,1H3/b11-10+. The van der Waals surface area contributed by atoms with E-state index >= 15 is 0 Å². The molecule has 0 aliphatic carbocycles. The number of hydrogen-bond acceptors (Lipinski definition) is 5. The largest absolute Gasteiger partial charge is 0.487 e. The predicted octanol–water partition coefficient (Wildman–Crippen LogP) is 4.42. The van der Waals surface area contributed by atoms with Gasteiger partial charge in [-0.2, -0.15) is 0 Å². The first kappa shape index (κ1) is 18.4. The SMILES string of the molecule is Cc1nc(COc2ccccc2/C=C/C(=O)N2CCCc3ncccc32)cs1. The summed E-state index contributed by atoms with van der Waals surface area (Å²) in [5, 5.41) is 3.02. The molecule has 6 heteroatoms. The van der Waals surface area contributed by atoms with E-state index in [2.05, 4.69) is 9.97 Å². The Morgan fingerprint density at radius 1 is 1.29 bits per heavy atom. The number of thiazole rings is 1. The van der Waals surface area contributed by atoms with Gasteiger partial charge in [0.1, 0.15) is 12.4 Å². The fourth-order valence-corrected chi connectivity index (χ4v) is 3.85. The van der Waals surface area contributed by atoms with E-state index in [4.69, 9.17) is 4.74 Å². The number of fused-ring (bicyclic) bond motifs is 1. The zero-order valence-electron chi connectivity index (χ0n) is 15.7. The molecule has 1 aromatic carbocycles. The number of benzene rings is 1. The molecule has 1 aliphatic rings. The molecule has 2 aromatic heterocycles. The molecule has 0 saturated carbocycles. The highest BCUT2D eigenvalue weighted by molar-refractivity contribution is 7.09. The Hall–Kier alpha value is -2.99. The van der Waals surface area contributed by atoms with E-state index in [1.165, 1.54) is 0 Å². The first-order chi connectivity index (χ1) is 13.7. The molecule has 3 aromatic rings. The van der Waals surface area contributed by atoms with E-state index in [0.29, 0.717) is 13.2 Å². The number of hydrogen-bond donors (Lipinski definition) is 0. The van der Waals surface area contributed by atoms with Crippen molar-refractivity contribution in [3.63, 3.8) is 0 Å². The summed E-state index contributed by atoms with van der Waals surface area (Å²) in [5.74, 6) is 0.691. The lowest BCUT2D eigenvalue weighted by molar-refractivity contribution is -0.114. The molecule has 3 heterocycles. The van der Waals surface area contributed by atoms with Gasteiger partial charge in [-0.05, 0) is 44.0 Å². The molecule has 0 atom stereocenters. The van der Waals surface area contributed by atoms with E-state index < -0.39 is 0 Å². The van der Waals surface area contributed by atoms with Crippen molar-refractivity contribution in [3.8, 4) is 5.75 Å². The van der Waals surface area contributed by atoms with E-state index in [0.717, 1.165) is 46.2 Å². The topological polar surface area (TPSA) is 55.3 Å². The van der Waals surface area contributed by atoms with Crippen LogP contribution in [0.5, 0.6) is 5.75 Å². The van der Waals surface area contributed by atoms with Crippen molar-refractivity contribution < 1.29 is 9.53 Å². The fraction of sp³-hybridized carbons (Fsp3) is 0.227. The molecule has 0 unspecified atom stereocenters. The normalized spacial score (nSPS) is 13.5. The third-order valence-corrected chi connectivity index (χ3v) is 5.41. The number of carbonyl (C=O) groups excluding carboxylic acids is 1. The summed E-state index contributed by atoms with van der Waals surface area (Å²) >= 11 is 1.61. The number of aryl methyl sites for hydroxylation is 2. The number of amides is 1. The van der Waals surface area contributed by atoms with Gasteiger partial charge in [-0.25, -0.2) is 4.98 Å². The number of ether oxygens (including phenoxy) is 1. The number of nitrogens with zero attached hydrogens (tertiary/aromatic N) is 3. The second-order valence-corrected chi connectivity index (χ2v) is 7.64. The third kappa shape index (κ3) is 4.12. The summed E-state index contributed by atoms with van der Waals surface area (Å²) in [4.78, 5) is 23.4. The maximum absolute atomic E-state index is 12.8. The van der Waals surface area contributed by atoms with Crippen LogP contribution in [0.4, 0.5) is 5.69 Å². The summed E-state index contributed by atoms with van der Waals surface area (Å²) in [6.07, 6.45) is 7.04. The second kappa shape index (κ2) is 8.35. The van der Waals surface area contributed by atoms with Crippen molar-refractivity contribution in [1.82, 2.24) is 9.97 Å². The summed E-state index contributed by atoms with van der Waals surface area (Å²) in [7, 11) is 0. The second-order valence-electron chi connectivity index (χ2n) is 6.58. The molecular formula is C22H21N3O2S. The lowest BCUT2D eigenvalue weighted by atomic mass is 10.1. The molecule has 142 valence electrons. The summed E-state index contributed by atoms with van der Waals surface area (Å²) in [6, 6.07) is 11.5. The van der Waals surface area contributed by atoms with Crippen molar-refractivity contribution in [1.29, 1.82) is 0 Å². The molecule has 0 spiro atoms. The Morgan fingerprint density at radius 2 is 2.18 bits per heavy atom. The van der Waals surface area contributed by atoms with Crippen LogP contribution in [-0.4, -0.2) is 22.4 Å². The Bertz CT molecular complexity index is 1010. The van der Waals surface area contributed by atoms with Gasteiger partial charge in [-0.3, -0.25) is 9.78 Å². The van der Waals surface area contributed by atoms with Crippen molar-refractivity contribution in [2.24, 2.45) is 0 Å². The Labute approximate surface area is 168 Å². The van der Waals surface area contributed by atoms with Crippen LogP contribution < -0.4 is 9.64 Å². The van der Waals surface area contributed by atoms with Crippen LogP contribution in [0.2, 0.25) is 0 Å². The van der Waals surface area contributed by atoms with Crippen LogP contribution in [0.3, 0.4) is 0 Å². The molecule has 0 radical (unpaired) electrons. The van der Waals surface area contributed by atoms with Gasteiger partial charge in [0, 0.05) is 29.8 Å². The summed E-state index contributed by atoms with van der Waals surface area (Å²) < 4.78 is 5.93. The number of anilines is 1. The molecule has 28 heavy (non-hydrogen) atoms. The first-order valence-electron chi connectivity index (χ1n) is 9.27. The van der Waals surface area contributed by atoms with Gasteiger partial charge in [-0.1, -0.05) is 18.2 Å². The van der Waals surface area contributed by atoms with E-state index in [1.807, 2.05) is 54.8 Å². The zero-order valence-corrected chi connectivity index (χ0v) is 16.5. The van der Waals surface area contributed by atoms with Gasteiger partial charge < -0.3 is 9.64 Å². The van der Waals surface area contributed by atoms with Crippen molar-refractivity contribution >= 4 is 29.0 Å². The zero-order chi connectivity index (χ0) is 19.3. The highest BCUT2D eigenvalue weighted by atomic mass is 32.1. The van der Waals surface area contributed by atoms with Gasteiger partial charge in [0.25, 0.3) is 5.91 Å². The summed E-state index contributed by atoms with van der Waals surface area (Å²) in [6.45, 7) is 3.10. The first-order valence-corrected chi connectivity index (χ1v) is 10.1. The minimum atomic E-state index is -0.0427. The van der Waals surface area contributed by atoms with Gasteiger partial charge in [-0.15, -0.1) is 11.3 Å². The van der Waals surface area contributed by atoms with Crippen LogP contribution in [0.1, 0.15) is 28.4 Å². The van der Waals surface area contributed by atoms with Crippen LogP contribution in [0, 0.1) is 6.92 Å². The van der Waals surface area contributed by atoms with Gasteiger partial charge >= 0.3 is 0 Å². The average Bonchev–Trinajstić information content (AvgIpc) is 3.15. The Kier molecular flexibility index (Phi) is 5.48. The molecular weight excluding hydrogens is 370 g/mol. The molecule has 1 aliphatic heterocycles. The van der Waals surface area contributed by atoms with E-state index in [9.17, 15) is 4.79 Å². The van der Waals surface area contributed by atoms with E-state index in [-0.39, 0.29) is 5.91 Å². The van der Waals surface area contributed by atoms with Crippen LogP contribution >= 0.6 is 11.3 Å². The summed E-state index contributed by atoms with van der Waals surface area (Å²) in [5.41, 5.74) is 3.67. The van der Waals surface area contributed by atoms with E-state index in [1.54, 1.807) is 28.5 Å². The van der Waals surface area contributed by atoms with Crippen LogP contribution in [0.15, 0.2) is 54.1 Å². The van der Waals surface area contributed by atoms with Crippen LogP contribution in [0.25, 0.3) is 6.08 Å². The monoisotopic (exact) mass is 391 g/mol. The Morgan fingerprint density at radius 3 is 3.04 bits per heavy atom. The highest BCUT2D eigenvalue weighted by Gasteiger charge is 2.21. The highest BCUT2D eigenvalue weighted by Crippen LogP contribution is 2.26. The minimum Gasteiger partial charge on any atom is -0.487 e. The number of pyridine rings is 1. The lowest BCUT2D eigenvalue weighted by Crippen LogP contribution is -2.34. The van der Waals surface area contributed by atoms with Gasteiger partial charge in [0.15, 0.2) is 0 Å². The van der Waals surface area contributed by atoms with Crippen molar-refractivity contribution in [3.05, 3.63) is 76.0 Å². The molecule has 0 fully saturated rings. The molecule has 0 bridgehead atoms. The molecule has 5 nitrogen and oxygen atoms in total. The number of rotatable bonds is 5. The maximum Gasteiger partial charge on any atom is 0.251 e. The molecule has 0 N–H and O–H groups in total. The maximum atomic E-state index is 12.8. The van der Waals surface area contributed by atoms with Crippen molar-refractivity contribution in [2.75, 3.05) is 11.4 Å². The average molecular weight is 391 g/mol. The Balaban J connectivity index is 1.48. The fourth-order valence-electron chi connectivity index (χ4n) is 3.25. The number of carbonyl (C=O) groups is 1. The number of para-hydroxylation sites is 1. The molecule has 0 saturated heterocycles. The van der Waals surface area contributed by atoms with Crippen molar-refractivity contribution in [2.45, 2.75) is 26.4 Å². The smallest absolute Gasteiger partial charge is 0.251 e. The van der Waals surface area contributed by atoms with Crippen LogP contribution in [-0.2, 0) is 17.8 Å². The molecule has 1 amide bonds. The third-order valence-electron chi connectivity index (χ3n) is 4.58. The number of aromatic nitrogens is 2. The predicted molar refractivity (Wildman–Crippen MR) is 112 cm³/mol. The minimum absolute atomic E-state index is 0.0427. The van der Waals surface area contributed by atoms with Gasteiger partial charge in [0.05, 0.1) is 22.1 Å². The molecule has 4 rings (SSSR count). The lowest BCUT2D eigenvalue weighted by Gasteiger charge is -2.27. The quantitative estimate of drug-likeness (QED) is 0.604.